The molecule has 0 bridgehead atoms. The van der Waals surface area contributed by atoms with Crippen LogP contribution in [-0.2, 0) is 4.79 Å². The van der Waals surface area contributed by atoms with Crippen LogP contribution in [0.25, 0.3) is 11.0 Å². The normalized spacial score (nSPS) is 18.8. The Kier molecular flexibility index (Phi) is 5.56. The molecule has 1 amide bonds. The first-order valence-electron chi connectivity index (χ1n) is 9.96. The van der Waals surface area contributed by atoms with E-state index in [9.17, 15) is 14.4 Å². The Bertz CT molecular complexity index is 1130. The van der Waals surface area contributed by atoms with E-state index in [1.165, 1.54) is 0 Å². The molecular weight excluding hydrogens is 384 g/mol. The number of carbonyl (C=O) groups is 2. The molecule has 0 radical (unpaired) electrons. The molecule has 0 atom stereocenters. The third-order valence-corrected chi connectivity index (χ3v) is 5.64. The number of aromatic nitrogens is 3. The highest BCUT2D eigenvalue weighted by Crippen LogP contribution is 2.35. The van der Waals surface area contributed by atoms with Crippen LogP contribution in [0.4, 0.5) is 5.69 Å². The summed E-state index contributed by atoms with van der Waals surface area (Å²) in [5.74, 6) is -1.10. The van der Waals surface area contributed by atoms with Crippen LogP contribution >= 0.6 is 0 Å². The van der Waals surface area contributed by atoms with Gasteiger partial charge in [0.1, 0.15) is 11.2 Å². The summed E-state index contributed by atoms with van der Waals surface area (Å²) in [5.41, 5.74) is 0.798. The Morgan fingerprint density at radius 1 is 1.10 bits per heavy atom. The molecule has 3 aromatic rings. The summed E-state index contributed by atoms with van der Waals surface area (Å²) in [4.78, 5) is 45.2. The largest absolute Gasteiger partial charge is 0.481 e. The lowest BCUT2D eigenvalue weighted by atomic mass is 9.84. The molecule has 0 unspecified atom stereocenters. The van der Waals surface area contributed by atoms with Crippen molar-refractivity contribution in [3.63, 3.8) is 0 Å². The van der Waals surface area contributed by atoms with E-state index < -0.39 is 11.9 Å². The fourth-order valence-corrected chi connectivity index (χ4v) is 4.13. The number of carboxylic acids is 1. The minimum atomic E-state index is -0.774. The van der Waals surface area contributed by atoms with E-state index >= 15 is 0 Å². The third-order valence-electron chi connectivity index (χ3n) is 5.64. The van der Waals surface area contributed by atoms with Crippen molar-refractivity contribution >= 4 is 28.6 Å². The molecule has 1 aliphatic carbocycles. The summed E-state index contributed by atoms with van der Waals surface area (Å²) < 4.78 is 1.91. The van der Waals surface area contributed by atoms with Crippen molar-refractivity contribution in [3.05, 3.63) is 64.8 Å². The molecular formula is C22H22N4O4. The van der Waals surface area contributed by atoms with E-state index in [-0.39, 0.29) is 29.4 Å². The molecule has 30 heavy (non-hydrogen) atoms. The van der Waals surface area contributed by atoms with Crippen LogP contribution in [0, 0.1) is 5.92 Å². The average Bonchev–Trinajstić information content (AvgIpc) is 2.75. The maximum absolute atomic E-state index is 13.0. The number of anilines is 1. The minimum Gasteiger partial charge on any atom is -0.481 e. The van der Waals surface area contributed by atoms with Gasteiger partial charge in [0.25, 0.3) is 5.91 Å². The van der Waals surface area contributed by atoms with Gasteiger partial charge in [-0.1, -0.05) is 0 Å². The van der Waals surface area contributed by atoms with E-state index in [0.29, 0.717) is 16.7 Å². The van der Waals surface area contributed by atoms with Gasteiger partial charge in [0.15, 0.2) is 0 Å². The fourth-order valence-electron chi connectivity index (χ4n) is 4.13. The number of amides is 1. The second-order valence-electron chi connectivity index (χ2n) is 7.62. The third kappa shape index (κ3) is 4.07. The number of rotatable bonds is 5. The predicted octanol–water partition coefficient (Wildman–Crippen LogP) is 3.25. The number of carboxylic acid groups (broad SMARTS) is 1. The van der Waals surface area contributed by atoms with Gasteiger partial charge in [0.05, 0.1) is 5.39 Å². The van der Waals surface area contributed by atoms with Gasteiger partial charge in [-0.25, -0.2) is 4.98 Å². The first-order chi connectivity index (χ1) is 14.5. The highest BCUT2D eigenvalue weighted by atomic mass is 16.4. The molecule has 8 nitrogen and oxygen atoms in total. The zero-order chi connectivity index (χ0) is 21.1. The molecule has 0 aromatic carbocycles. The molecule has 0 aliphatic heterocycles. The Morgan fingerprint density at radius 3 is 2.53 bits per heavy atom. The number of hydrogen-bond donors (Lipinski definition) is 2. The number of nitrogens with zero attached hydrogens (tertiary/aromatic N) is 3. The van der Waals surface area contributed by atoms with Gasteiger partial charge in [-0.3, -0.25) is 19.4 Å². The van der Waals surface area contributed by atoms with Crippen molar-refractivity contribution in [1.29, 1.82) is 0 Å². The lowest BCUT2D eigenvalue weighted by Gasteiger charge is -2.30. The number of carbonyl (C=O) groups excluding carboxylic acids is 1. The Labute approximate surface area is 172 Å². The minimum absolute atomic E-state index is 0.0555. The van der Waals surface area contributed by atoms with E-state index in [0.717, 1.165) is 25.7 Å². The second-order valence-corrected chi connectivity index (χ2v) is 7.62. The Morgan fingerprint density at radius 2 is 1.83 bits per heavy atom. The maximum atomic E-state index is 13.0. The molecule has 4 rings (SSSR count). The van der Waals surface area contributed by atoms with E-state index in [1.807, 2.05) is 4.57 Å². The second kappa shape index (κ2) is 8.44. The van der Waals surface area contributed by atoms with E-state index in [2.05, 4.69) is 15.3 Å². The number of fused-ring (bicyclic) bond motifs is 1. The first-order valence-corrected chi connectivity index (χ1v) is 9.96. The molecule has 3 aromatic heterocycles. The summed E-state index contributed by atoms with van der Waals surface area (Å²) in [6.45, 7) is 0. The average molecular weight is 406 g/mol. The number of nitrogens with one attached hydrogen (secondary N) is 1. The summed E-state index contributed by atoms with van der Waals surface area (Å²) in [7, 11) is 0. The van der Waals surface area contributed by atoms with Crippen LogP contribution in [0.1, 0.15) is 48.5 Å². The van der Waals surface area contributed by atoms with Crippen LogP contribution in [0.3, 0.4) is 0 Å². The highest BCUT2D eigenvalue weighted by Gasteiger charge is 2.26. The molecule has 3 heterocycles. The van der Waals surface area contributed by atoms with Crippen molar-refractivity contribution in [2.24, 2.45) is 5.92 Å². The highest BCUT2D eigenvalue weighted by molar-refractivity contribution is 6.05. The Hall–Kier alpha value is -3.55. The van der Waals surface area contributed by atoms with Gasteiger partial charge in [-0.15, -0.1) is 0 Å². The first kappa shape index (κ1) is 19.8. The van der Waals surface area contributed by atoms with E-state index in [4.69, 9.17) is 5.11 Å². The lowest BCUT2D eigenvalue weighted by molar-refractivity contribution is -0.138. The van der Waals surface area contributed by atoms with Gasteiger partial charge in [0, 0.05) is 42.9 Å². The summed E-state index contributed by atoms with van der Waals surface area (Å²) >= 11 is 0. The van der Waals surface area contributed by atoms with Gasteiger partial charge in [-0.05, 0) is 55.9 Å². The van der Waals surface area contributed by atoms with Gasteiger partial charge in [0.2, 0.25) is 5.43 Å². The summed E-state index contributed by atoms with van der Waals surface area (Å²) in [6.07, 6.45) is 9.65. The quantitative estimate of drug-likeness (QED) is 0.672. The maximum Gasteiger partial charge on any atom is 0.303 e. The van der Waals surface area contributed by atoms with Crippen LogP contribution in [0.5, 0.6) is 0 Å². The molecule has 0 saturated heterocycles. The van der Waals surface area contributed by atoms with Crippen molar-refractivity contribution < 1.29 is 14.7 Å². The van der Waals surface area contributed by atoms with E-state index in [1.54, 1.807) is 49.1 Å². The molecule has 1 saturated carbocycles. The van der Waals surface area contributed by atoms with Gasteiger partial charge < -0.3 is 15.0 Å². The van der Waals surface area contributed by atoms with Crippen molar-refractivity contribution in [2.75, 3.05) is 5.32 Å². The molecule has 8 heteroatoms. The fraction of sp³-hybridized carbons (Fsp3) is 0.318. The number of pyridine rings is 3. The van der Waals surface area contributed by atoms with Crippen LogP contribution < -0.4 is 10.7 Å². The van der Waals surface area contributed by atoms with Crippen LogP contribution in [0.2, 0.25) is 0 Å². The standard InChI is InChI=1S/C22H22N4O4/c27-19(28)12-14-3-5-16(6-4-14)26-13-18(20(29)17-2-1-9-24-21(17)26)22(30)25-15-7-10-23-11-8-15/h1-2,7-11,13-14,16H,3-6,12H2,(H,27,28)(H,23,25,30). The monoisotopic (exact) mass is 406 g/mol. The number of hydrogen-bond acceptors (Lipinski definition) is 5. The summed E-state index contributed by atoms with van der Waals surface area (Å²) in [5, 5.41) is 12.2. The number of aliphatic carboxylic acids is 1. The van der Waals surface area contributed by atoms with Crippen molar-refractivity contribution in [1.82, 2.24) is 14.5 Å². The van der Waals surface area contributed by atoms with Crippen molar-refractivity contribution in [3.8, 4) is 0 Å². The zero-order valence-corrected chi connectivity index (χ0v) is 16.3. The predicted molar refractivity (Wildman–Crippen MR) is 111 cm³/mol. The van der Waals surface area contributed by atoms with Gasteiger partial charge in [-0.2, -0.15) is 0 Å². The topological polar surface area (TPSA) is 114 Å². The lowest BCUT2D eigenvalue weighted by Crippen LogP contribution is -2.27. The molecule has 1 fully saturated rings. The molecule has 0 spiro atoms. The molecule has 154 valence electrons. The van der Waals surface area contributed by atoms with Gasteiger partial charge >= 0.3 is 5.97 Å². The zero-order valence-electron chi connectivity index (χ0n) is 16.3. The van der Waals surface area contributed by atoms with Crippen LogP contribution in [0.15, 0.2) is 53.8 Å². The smallest absolute Gasteiger partial charge is 0.303 e. The van der Waals surface area contributed by atoms with Crippen molar-refractivity contribution in [2.45, 2.75) is 38.1 Å². The SMILES string of the molecule is O=C(O)CC1CCC(n2cc(C(=O)Nc3ccncc3)c(=O)c3cccnc32)CC1. The Balaban J connectivity index is 1.68. The molecule has 2 N–H and O–H groups in total. The molecule has 1 aliphatic rings. The summed E-state index contributed by atoms with van der Waals surface area (Å²) in [6, 6.07) is 6.73. The van der Waals surface area contributed by atoms with Crippen LogP contribution in [-0.4, -0.2) is 31.5 Å².